The van der Waals surface area contributed by atoms with Crippen molar-refractivity contribution < 1.29 is 0 Å². The van der Waals surface area contributed by atoms with Crippen molar-refractivity contribution in [3.05, 3.63) is 16.2 Å². The van der Waals surface area contributed by atoms with Crippen molar-refractivity contribution in [2.45, 2.75) is 0 Å². The standard InChI is InChI=1S/C7H7Cl2N3/c8-4-3-5(9)12-7-6(4)10-1-2-11-7/h3,10H,1-2H2,(H,11,12). The van der Waals surface area contributed by atoms with E-state index in [9.17, 15) is 0 Å². The lowest BCUT2D eigenvalue weighted by Crippen LogP contribution is -2.21. The molecule has 0 unspecified atom stereocenters. The smallest absolute Gasteiger partial charge is 0.152 e. The van der Waals surface area contributed by atoms with E-state index in [0.717, 1.165) is 24.6 Å². The summed E-state index contributed by atoms with van der Waals surface area (Å²) in [4.78, 5) is 4.08. The molecule has 12 heavy (non-hydrogen) atoms. The minimum absolute atomic E-state index is 0.412. The molecule has 5 heteroatoms. The molecule has 0 radical (unpaired) electrons. The van der Waals surface area contributed by atoms with Crippen molar-refractivity contribution in [3.8, 4) is 0 Å². The van der Waals surface area contributed by atoms with Gasteiger partial charge in [-0.1, -0.05) is 23.2 Å². The van der Waals surface area contributed by atoms with E-state index < -0.39 is 0 Å². The molecule has 1 aliphatic heterocycles. The van der Waals surface area contributed by atoms with E-state index in [1.807, 2.05) is 0 Å². The molecule has 2 heterocycles. The van der Waals surface area contributed by atoms with Gasteiger partial charge in [-0.25, -0.2) is 4.98 Å². The molecule has 1 aromatic rings. The molecule has 2 N–H and O–H groups in total. The second-order valence-corrected chi connectivity index (χ2v) is 3.30. The summed E-state index contributed by atoms with van der Waals surface area (Å²) < 4.78 is 0. The van der Waals surface area contributed by atoms with E-state index in [0.29, 0.717) is 10.2 Å². The molecular formula is C7H7Cl2N3. The first-order valence-electron chi connectivity index (χ1n) is 3.61. The van der Waals surface area contributed by atoms with Crippen LogP contribution in [-0.2, 0) is 0 Å². The predicted octanol–water partition coefficient (Wildman–Crippen LogP) is 2.23. The molecule has 0 saturated carbocycles. The van der Waals surface area contributed by atoms with Gasteiger partial charge in [-0.05, 0) is 6.07 Å². The molecule has 0 aromatic carbocycles. The number of pyridine rings is 1. The van der Waals surface area contributed by atoms with Crippen LogP contribution in [0.1, 0.15) is 0 Å². The fourth-order valence-corrected chi connectivity index (χ4v) is 1.66. The summed E-state index contributed by atoms with van der Waals surface area (Å²) in [6, 6.07) is 1.63. The van der Waals surface area contributed by atoms with Gasteiger partial charge in [-0.3, -0.25) is 0 Å². The Hall–Kier alpha value is -0.670. The third-order valence-corrected chi connectivity index (χ3v) is 2.15. The molecule has 64 valence electrons. The average Bonchev–Trinajstić information content (AvgIpc) is 2.04. The molecule has 2 rings (SSSR count). The maximum absolute atomic E-state index is 5.92. The van der Waals surface area contributed by atoms with E-state index in [-0.39, 0.29) is 0 Å². The van der Waals surface area contributed by atoms with Gasteiger partial charge in [0.1, 0.15) is 5.15 Å². The largest absolute Gasteiger partial charge is 0.379 e. The van der Waals surface area contributed by atoms with Gasteiger partial charge < -0.3 is 10.6 Å². The SMILES string of the molecule is Clc1cc(Cl)c2c(n1)NCCN2. The zero-order chi connectivity index (χ0) is 8.55. The summed E-state index contributed by atoms with van der Waals surface area (Å²) in [6.45, 7) is 1.70. The highest BCUT2D eigenvalue weighted by Crippen LogP contribution is 2.32. The van der Waals surface area contributed by atoms with Gasteiger partial charge in [0, 0.05) is 13.1 Å². The van der Waals surface area contributed by atoms with Crippen LogP contribution in [-0.4, -0.2) is 18.1 Å². The van der Waals surface area contributed by atoms with Crippen LogP contribution in [0.15, 0.2) is 6.07 Å². The Morgan fingerprint density at radius 3 is 2.83 bits per heavy atom. The minimum atomic E-state index is 0.412. The fraction of sp³-hybridized carbons (Fsp3) is 0.286. The number of aromatic nitrogens is 1. The monoisotopic (exact) mass is 203 g/mol. The van der Waals surface area contributed by atoms with Crippen molar-refractivity contribution in [2.75, 3.05) is 23.7 Å². The van der Waals surface area contributed by atoms with Crippen LogP contribution < -0.4 is 10.6 Å². The van der Waals surface area contributed by atoms with Crippen LogP contribution in [0.2, 0.25) is 10.2 Å². The first-order valence-corrected chi connectivity index (χ1v) is 4.37. The molecule has 3 nitrogen and oxygen atoms in total. The fourth-order valence-electron chi connectivity index (χ4n) is 1.15. The lowest BCUT2D eigenvalue weighted by atomic mass is 10.3. The quantitative estimate of drug-likeness (QED) is 0.636. The van der Waals surface area contributed by atoms with Crippen molar-refractivity contribution in [1.29, 1.82) is 0 Å². The third-order valence-electron chi connectivity index (χ3n) is 1.66. The molecule has 0 spiro atoms. The van der Waals surface area contributed by atoms with E-state index in [1.54, 1.807) is 6.07 Å². The van der Waals surface area contributed by atoms with Gasteiger partial charge in [-0.2, -0.15) is 0 Å². The zero-order valence-electron chi connectivity index (χ0n) is 6.19. The van der Waals surface area contributed by atoms with Gasteiger partial charge >= 0.3 is 0 Å². The van der Waals surface area contributed by atoms with Gasteiger partial charge in [0.15, 0.2) is 5.82 Å². The van der Waals surface area contributed by atoms with Crippen molar-refractivity contribution >= 4 is 34.7 Å². The number of halogens is 2. The number of hydrogen-bond donors (Lipinski definition) is 2. The van der Waals surface area contributed by atoms with Gasteiger partial charge in [0.05, 0.1) is 10.7 Å². The normalized spacial score (nSPS) is 14.5. The van der Waals surface area contributed by atoms with Gasteiger partial charge in [0.2, 0.25) is 0 Å². The zero-order valence-corrected chi connectivity index (χ0v) is 7.71. The highest BCUT2D eigenvalue weighted by molar-refractivity contribution is 6.36. The highest BCUT2D eigenvalue weighted by atomic mass is 35.5. The summed E-state index contributed by atoms with van der Waals surface area (Å²) in [6.07, 6.45) is 0. The molecule has 0 atom stereocenters. The molecule has 0 aliphatic carbocycles. The summed E-state index contributed by atoms with van der Waals surface area (Å²) in [5.41, 5.74) is 0.840. The lowest BCUT2D eigenvalue weighted by molar-refractivity contribution is 1.02. The number of anilines is 2. The third kappa shape index (κ3) is 1.30. The Balaban J connectivity index is 2.53. The Morgan fingerprint density at radius 2 is 2.00 bits per heavy atom. The minimum Gasteiger partial charge on any atom is -0.379 e. The highest BCUT2D eigenvalue weighted by Gasteiger charge is 2.13. The number of fused-ring (bicyclic) bond motifs is 1. The lowest BCUT2D eigenvalue weighted by Gasteiger charge is -2.19. The molecule has 0 saturated heterocycles. The van der Waals surface area contributed by atoms with E-state index in [1.165, 1.54) is 0 Å². The average molecular weight is 204 g/mol. The van der Waals surface area contributed by atoms with Crippen LogP contribution >= 0.6 is 23.2 Å². The number of rotatable bonds is 0. The van der Waals surface area contributed by atoms with Crippen LogP contribution in [0.5, 0.6) is 0 Å². The number of hydrogen-bond acceptors (Lipinski definition) is 3. The Bertz CT molecular complexity index is 314. The first kappa shape index (κ1) is 7.95. The van der Waals surface area contributed by atoms with Crippen LogP contribution in [0.3, 0.4) is 0 Å². The van der Waals surface area contributed by atoms with Gasteiger partial charge in [-0.15, -0.1) is 0 Å². The molecule has 0 amide bonds. The molecule has 0 bridgehead atoms. The number of nitrogens with one attached hydrogen (secondary N) is 2. The maximum atomic E-state index is 5.92. The summed E-state index contributed by atoms with van der Waals surface area (Å²) >= 11 is 11.6. The van der Waals surface area contributed by atoms with Crippen LogP contribution in [0.4, 0.5) is 11.5 Å². The summed E-state index contributed by atoms with van der Waals surface area (Å²) in [5.74, 6) is 0.735. The summed E-state index contributed by atoms with van der Waals surface area (Å²) in [7, 11) is 0. The molecule has 1 aromatic heterocycles. The second-order valence-electron chi connectivity index (χ2n) is 2.50. The topological polar surface area (TPSA) is 37.0 Å². The molecule has 0 fully saturated rings. The van der Waals surface area contributed by atoms with Gasteiger partial charge in [0.25, 0.3) is 0 Å². The molecule has 1 aliphatic rings. The maximum Gasteiger partial charge on any atom is 0.152 e. The van der Waals surface area contributed by atoms with Crippen molar-refractivity contribution in [2.24, 2.45) is 0 Å². The van der Waals surface area contributed by atoms with Crippen molar-refractivity contribution in [1.82, 2.24) is 4.98 Å². The Labute approximate surface area is 80.1 Å². The van der Waals surface area contributed by atoms with E-state index in [4.69, 9.17) is 23.2 Å². The number of nitrogens with zero attached hydrogens (tertiary/aromatic N) is 1. The first-order chi connectivity index (χ1) is 5.77. The van der Waals surface area contributed by atoms with Crippen LogP contribution in [0, 0.1) is 0 Å². The van der Waals surface area contributed by atoms with Crippen molar-refractivity contribution in [3.63, 3.8) is 0 Å². The summed E-state index contributed by atoms with van der Waals surface area (Å²) in [5, 5.41) is 7.26. The van der Waals surface area contributed by atoms with E-state index >= 15 is 0 Å². The van der Waals surface area contributed by atoms with E-state index in [2.05, 4.69) is 15.6 Å². The molecular weight excluding hydrogens is 197 g/mol. The Morgan fingerprint density at radius 1 is 1.25 bits per heavy atom. The second kappa shape index (κ2) is 2.99. The Kier molecular flexibility index (Phi) is 1.98. The van der Waals surface area contributed by atoms with Crippen LogP contribution in [0.25, 0.3) is 0 Å². The predicted molar refractivity (Wildman–Crippen MR) is 51.2 cm³/mol.